The molecule has 0 atom stereocenters. The normalized spacial score (nSPS) is 10.8. The summed E-state index contributed by atoms with van der Waals surface area (Å²) in [4.78, 5) is 22.9. The van der Waals surface area contributed by atoms with E-state index in [9.17, 15) is 9.59 Å². The van der Waals surface area contributed by atoms with Gasteiger partial charge in [0.25, 0.3) is 0 Å². The molecule has 0 aromatic carbocycles. The zero-order valence-corrected chi connectivity index (χ0v) is 19.9. The predicted octanol–water partition coefficient (Wildman–Crippen LogP) is 3.59. The number of hydrogen-bond acceptors (Lipinski definition) is 8. The highest BCUT2D eigenvalue weighted by atomic mass is 16.6. The van der Waals surface area contributed by atoms with Gasteiger partial charge in [0.2, 0.25) is 0 Å². The number of unbranched alkanes of at least 4 members (excludes halogenated alkanes) is 8. The van der Waals surface area contributed by atoms with E-state index in [0.717, 1.165) is 38.5 Å². The molecule has 0 rings (SSSR count). The number of rotatable bonds is 24. The van der Waals surface area contributed by atoms with Crippen LogP contribution in [-0.2, 0) is 33.3 Å². The molecule has 0 unspecified atom stereocenters. The second-order valence-electron chi connectivity index (χ2n) is 7.63. The topological polar surface area (TPSA) is 101 Å². The number of carbonyl (C=O) groups excluding carboxylic acids is 2. The fourth-order valence-corrected chi connectivity index (χ4v) is 2.79. The molecule has 0 fully saturated rings. The minimum atomic E-state index is -0.304. The first-order valence-electron chi connectivity index (χ1n) is 11.9. The Labute approximate surface area is 193 Å². The summed E-state index contributed by atoms with van der Waals surface area (Å²) in [6, 6.07) is 0. The third kappa shape index (κ3) is 23.2. The summed E-state index contributed by atoms with van der Waals surface area (Å²) in [5.74, 6) is -0.473. The summed E-state index contributed by atoms with van der Waals surface area (Å²) in [6.45, 7) is 8.48. The van der Waals surface area contributed by atoms with Crippen LogP contribution in [0.1, 0.15) is 71.1 Å². The van der Waals surface area contributed by atoms with Gasteiger partial charge in [0.1, 0.15) is 6.61 Å². The van der Waals surface area contributed by atoms with E-state index in [1.807, 2.05) is 0 Å². The molecule has 8 nitrogen and oxygen atoms in total. The van der Waals surface area contributed by atoms with E-state index in [1.165, 1.54) is 19.3 Å². The average molecular weight is 461 g/mol. The Bertz CT molecular complexity index is 467. The predicted molar refractivity (Wildman–Crippen MR) is 122 cm³/mol. The van der Waals surface area contributed by atoms with E-state index >= 15 is 0 Å². The lowest BCUT2D eigenvalue weighted by Crippen LogP contribution is -2.14. The van der Waals surface area contributed by atoms with Crippen LogP contribution in [0.5, 0.6) is 0 Å². The highest BCUT2D eigenvalue weighted by Crippen LogP contribution is 2.11. The van der Waals surface area contributed by atoms with Crippen molar-refractivity contribution in [1.82, 2.24) is 0 Å². The van der Waals surface area contributed by atoms with Crippen LogP contribution in [0, 0.1) is 0 Å². The van der Waals surface area contributed by atoms with Crippen molar-refractivity contribution in [3.05, 3.63) is 12.2 Å². The van der Waals surface area contributed by atoms with Crippen LogP contribution in [0.3, 0.4) is 0 Å². The first-order chi connectivity index (χ1) is 15.6. The van der Waals surface area contributed by atoms with E-state index in [4.69, 9.17) is 28.8 Å². The molecule has 8 heteroatoms. The quantitative estimate of drug-likeness (QED) is 0.132. The molecule has 188 valence electrons. The molecule has 0 aliphatic heterocycles. The molecule has 0 spiro atoms. The number of ether oxygens (including phenoxy) is 5. The van der Waals surface area contributed by atoms with Crippen molar-refractivity contribution in [3.8, 4) is 0 Å². The van der Waals surface area contributed by atoms with Crippen molar-refractivity contribution < 1.29 is 38.4 Å². The highest BCUT2D eigenvalue weighted by Gasteiger charge is 2.03. The van der Waals surface area contributed by atoms with Gasteiger partial charge in [-0.2, -0.15) is 0 Å². The molecule has 1 N–H and O–H groups in total. The van der Waals surface area contributed by atoms with Gasteiger partial charge in [-0.25, -0.2) is 4.79 Å². The van der Waals surface area contributed by atoms with E-state index in [2.05, 4.69) is 6.58 Å². The lowest BCUT2D eigenvalue weighted by atomic mass is 10.1. The number of aliphatic hydroxyl groups is 1. The molecule has 0 aliphatic carbocycles. The number of aliphatic hydroxyl groups excluding tert-OH is 1. The van der Waals surface area contributed by atoms with Crippen LogP contribution in [0.2, 0.25) is 0 Å². The van der Waals surface area contributed by atoms with Gasteiger partial charge in [0, 0.05) is 12.0 Å². The third-order valence-corrected chi connectivity index (χ3v) is 4.58. The van der Waals surface area contributed by atoms with Crippen molar-refractivity contribution in [2.45, 2.75) is 71.1 Å². The zero-order valence-electron chi connectivity index (χ0n) is 19.9. The Balaban J connectivity index is 3.21. The first-order valence-corrected chi connectivity index (χ1v) is 11.9. The van der Waals surface area contributed by atoms with Gasteiger partial charge in [-0.1, -0.05) is 51.5 Å². The Kier molecular flexibility index (Phi) is 23.1. The maximum Gasteiger partial charge on any atom is 0.333 e. The molecule has 32 heavy (non-hydrogen) atoms. The third-order valence-electron chi connectivity index (χ3n) is 4.58. The molecule has 0 bridgehead atoms. The highest BCUT2D eigenvalue weighted by molar-refractivity contribution is 5.86. The maximum absolute atomic E-state index is 11.7. The van der Waals surface area contributed by atoms with Gasteiger partial charge in [-0.15, -0.1) is 0 Å². The van der Waals surface area contributed by atoms with Crippen LogP contribution in [0.15, 0.2) is 12.2 Å². The van der Waals surface area contributed by atoms with Crippen LogP contribution in [-0.4, -0.2) is 76.5 Å². The van der Waals surface area contributed by atoms with Crippen LogP contribution in [0.25, 0.3) is 0 Å². The van der Waals surface area contributed by atoms with Crippen LogP contribution >= 0.6 is 0 Å². The minimum Gasteiger partial charge on any atom is -0.463 e. The number of carbonyl (C=O) groups is 2. The van der Waals surface area contributed by atoms with E-state index in [0.29, 0.717) is 58.2 Å². The molecule has 0 saturated carbocycles. The standard InChI is InChI=1S/C24H44O8/c1-22(2)24(27)32-14-11-9-7-5-3-4-6-8-10-12-23(26)31-21-20-30-19-18-29-17-16-28-15-13-25/h25H,1,3-21H2,2H3. The summed E-state index contributed by atoms with van der Waals surface area (Å²) in [5.41, 5.74) is 0.447. The molecular weight excluding hydrogens is 416 g/mol. The maximum atomic E-state index is 11.7. The Morgan fingerprint density at radius 3 is 1.62 bits per heavy atom. The van der Waals surface area contributed by atoms with E-state index in [-0.39, 0.29) is 25.2 Å². The largest absolute Gasteiger partial charge is 0.463 e. The van der Waals surface area contributed by atoms with Gasteiger partial charge in [-0.05, 0) is 19.8 Å². The smallest absolute Gasteiger partial charge is 0.333 e. The van der Waals surface area contributed by atoms with Crippen molar-refractivity contribution in [1.29, 1.82) is 0 Å². The second-order valence-corrected chi connectivity index (χ2v) is 7.63. The minimum absolute atomic E-state index is 0.0158. The molecule has 0 amide bonds. The molecule has 0 aromatic rings. The van der Waals surface area contributed by atoms with E-state index < -0.39 is 0 Å². The Morgan fingerprint density at radius 1 is 0.625 bits per heavy atom. The average Bonchev–Trinajstić information content (AvgIpc) is 2.77. The van der Waals surface area contributed by atoms with Crippen molar-refractivity contribution >= 4 is 11.9 Å². The van der Waals surface area contributed by atoms with Crippen molar-refractivity contribution in [2.24, 2.45) is 0 Å². The summed E-state index contributed by atoms with van der Waals surface area (Å²) in [6.07, 6.45) is 10.2. The molecule has 0 saturated heterocycles. The van der Waals surface area contributed by atoms with Crippen molar-refractivity contribution in [3.63, 3.8) is 0 Å². The fraction of sp³-hybridized carbons (Fsp3) is 0.833. The summed E-state index contributed by atoms with van der Waals surface area (Å²) in [5, 5.41) is 8.55. The molecule has 0 aliphatic rings. The fourth-order valence-electron chi connectivity index (χ4n) is 2.79. The number of hydrogen-bond donors (Lipinski definition) is 1. The van der Waals surface area contributed by atoms with E-state index in [1.54, 1.807) is 6.92 Å². The van der Waals surface area contributed by atoms with Gasteiger partial charge in [-0.3, -0.25) is 4.79 Å². The molecular formula is C24H44O8. The molecule has 0 radical (unpaired) electrons. The van der Waals surface area contributed by atoms with Gasteiger partial charge < -0.3 is 28.8 Å². The second kappa shape index (κ2) is 24.2. The van der Waals surface area contributed by atoms with Gasteiger partial charge >= 0.3 is 11.9 Å². The monoisotopic (exact) mass is 460 g/mol. The lowest BCUT2D eigenvalue weighted by molar-refractivity contribution is -0.145. The summed E-state index contributed by atoms with van der Waals surface area (Å²) in [7, 11) is 0. The van der Waals surface area contributed by atoms with Crippen LogP contribution < -0.4 is 0 Å². The molecule has 0 heterocycles. The SMILES string of the molecule is C=C(C)C(=O)OCCCCCCCCCCCC(=O)OCCOCCOCCOCCO. The van der Waals surface area contributed by atoms with Crippen molar-refractivity contribution in [2.75, 3.05) is 59.5 Å². The zero-order chi connectivity index (χ0) is 23.7. The lowest BCUT2D eigenvalue weighted by Gasteiger charge is -2.07. The van der Waals surface area contributed by atoms with Crippen LogP contribution in [0.4, 0.5) is 0 Å². The number of esters is 2. The Morgan fingerprint density at radius 2 is 1.09 bits per heavy atom. The first kappa shape index (κ1) is 30.5. The van der Waals surface area contributed by atoms with Gasteiger partial charge in [0.15, 0.2) is 0 Å². The summed E-state index contributed by atoms with van der Waals surface area (Å²) < 4.78 is 25.9. The Hall–Kier alpha value is -1.48. The summed E-state index contributed by atoms with van der Waals surface area (Å²) >= 11 is 0. The molecule has 0 aromatic heterocycles. The van der Waals surface area contributed by atoms with Gasteiger partial charge in [0.05, 0.1) is 52.9 Å².